The molecule has 0 saturated heterocycles. The Labute approximate surface area is 264 Å². The fourth-order valence-corrected chi connectivity index (χ4v) is 4.79. The summed E-state index contributed by atoms with van der Waals surface area (Å²) in [6.07, 6.45) is 13.2. The highest BCUT2D eigenvalue weighted by Crippen LogP contribution is 2.31. The first-order valence-electron chi connectivity index (χ1n) is 15.0. The molecule has 3 aromatic rings. The summed E-state index contributed by atoms with van der Waals surface area (Å²) < 4.78 is 20.4. The van der Waals surface area contributed by atoms with Crippen LogP contribution in [0.3, 0.4) is 0 Å². The first kappa shape index (κ1) is 34.2. The quantitative estimate of drug-likeness (QED) is 0.262. The standard InChI is InChI=1S/C35H33FN4O3.C2H6/c1-4-26(36)20-29-23(3)39-33(30(22-37)34(29)40-31(35(41)42)21-27-16-8-9-19-38-27)25-14-10-12-24(13-11-15-25)28-17-6-7-18-32(28)43-5-2;1-2/h4,6-10,12-13,15-20,31,40H,3,5,11,14,21H2,1-2H3,(H,41,42);1-2H3/b12-10-,24-13?,25-15+,26-4+,29-20+;. The number of rotatable bonds is 10. The van der Waals surface area contributed by atoms with E-state index in [4.69, 9.17) is 4.74 Å². The van der Waals surface area contributed by atoms with Crippen LogP contribution in [0.5, 0.6) is 5.75 Å². The Kier molecular flexibility index (Phi) is 13.0. The van der Waals surface area contributed by atoms with Crippen molar-refractivity contribution in [2.24, 2.45) is 0 Å². The van der Waals surface area contributed by atoms with Crippen molar-refractivity contribution in [2.45, 2.75) is 53.0 Å². The van der Waals surface area contributed by atoms with Crippen LogP contribution < -0.4 is 20.6 Å². The van der Waals surface area contributed by atoms with E-state index < -0.39 is 17.8 Å². The van der Waals surface area contributed by atoms with Gasteiger partial charge in [0.05, 0.1) is 23.3 Å². The Morgan fingerprint density at radius 3 is 2.64 bits per heavy atom. The monoisotopic (exact) mass is 606 g/mol. The molecule has 1 aliphatic carbocycles. The molecule has 8 heteroatoms. The van der Waals surface area contributed by atoms with Gasteiger partial charge in [0.25, 0.3) is 0 Å². The second kappa shape index (κ2) is 17.1. The van der Waals surface area contributed by atoms with E-state index in [1.165, 1.54) is 19.1 Å². The van der Waals surface area contributed by atoms with Gasteiger partial charge in [0, 0.05) is 29.1 Å². The smallest absolute Gasteiger partial charge is 0.326 e. The van der Waals surface area contributed by atoms with Crippen LogP contribution in [0.1, 0.15) is 63.1 Å². The summed E-state index contributed by atoms with van der Waals surface area (Å²) >= 11 is 0. The third kappa shape index (κ3) is 8.87. The average molecular weight is 607 g/mol. The lowest BCUT2D eigenvalue weighted by atomic mass is 9.95. The van der Waals surface area contributed by atoms with E-state index in [1.54, 1.807) is 24.4 Å². The third-order valence-corrected chi connectivity index (χ3v) is 6.88. The molecule has 1 aliphatic rings. The highest BCUT2D eigenvalue weighted by Gasteiger charge is 2.24. The molecule has 2 heterocycles. The summed E-state index contributed by atoms with van der Waals surface area (Å²) in [7, 11) is 0. The Balaban J connectivity index is 0.00000271. The van der Waals surface area contributed by atoms with Crippen molar-refractivity contribution < 1.29 is 19.0 Å². The maximum atomic E-state index is 14.5. The van der Waals surface area contributed by atoms with Gasteiger partial charge in [-0.2, -0.15) is 5.26 Å². The number of para-hydroxylation sites is 1. The van der Waals surface area contributed by atoms with Crippen LogP contribution in [0.4, 0.5) is 10.1 Å². The van der Waals surface area contributed by atoms with E-state index in [0.717, 1.165) is 22.5 Å². The molecule has 0 aliphatic heterocycles. The molecule has 0 radical (unpaired) electrons. The van der Waals surface area contributed by atoms with Gasteiger partial charge in [-0.25, -0.2) is 14.2 Å². The Bertz CT molecular complexity index is 1770. The lowest BCUT2D eigenvalue weighted by Gasteiger charge is -2.19. The van der Waals surface area contributed by atoms with Crippen molar-refractivity contribution in [1.82, 2.24) is 9.97 Å². The SMILES string of the molecule is C=c1nc(/C2=C/CC=C(c3ccccc3OCC)/C=C\C2)c(C#N)c(NC(Cc2ccccn2)C(=O)O)/c1=C/C(F)=C\C.CC. The first-order chi connectivity index (χ1) is 21.9. The van der Waals surface area contributed by atoms with Crippen molar-refractivity contribution in [1.29, 1.82) is 5.26 Å². The zero-order valence-corrected chi connectivity index (χ0v) is 26.2. The number of aliphatic carboxylic acids is 1. The molecule has 2 N–H and O–H groups in total. The molecule has 1 aromatic carbocycles. The molecule has 0 amide bonds. The number of nitrogens with zero attached hydrogens (tertiary/aromatic N) is 3. The van der Waals surface area contributed by atoms with Crippen molar-refractivity contribution in [3.05, 3.63) is 118 Å². The summed E-state index contributed by atoms with van der Waals surface area (Å²) in [6.45, 7) is 12.1. The molecule has 232 valence electrons. The number of hydrogen-bond acceptors (Lipinski definition) is 6. The van der Waals surface area contributed by atoms with Gasteiger partial charge in [-0.3, -0.25) is 4.98 Å². The number of carboxylic acids is 1. The number of nitriles is 1. The maximum absolute atomic E-state index is 14.5. The van der Waals surface area contributed by atoms with Crippen LogP contribution in [-0.2, 0) is 11.2 Å². The number of anilines is 1. The molecule has 0 bridgehead atoms. The number of benzene rings is 1. The number of carboxylic acid groups (broad SMARTS) is 1. The van der Waals surface area contributed by atoms with Gasteiger partial charge in [-0.15, -0.1) is 0 Å². The minimum Gasteiger partial charge on any atom is -0.493 e. The van der Waals surface area contributed by atoms with Gasteiger partial charge in [0.1, 0.15) is 29.3 Å². The Morgan fingerprint density at radius 1 is 1.22 bits per heavy atom. The van der Waals surface area contributed by atoms with Gasteiger partial charge in [-0.1, -0.05) is 75.1 Å². The van der Waals surface area contributed by atoms with Crippen LogP contribution >= 0.6 is 0 Å². The van der Waals surface area contributed by atoms with E-state index >= 15 is 0 Å². The molecule has 4 rings (SSSR count). The molecule has 45 heavy (non-hydrogen) atoms. The number of allylic oxidation sites excluding steroid dienone is 8. The third-order valence-electron chi connectivity index (χ3n) is 6.88. The molecule has 0 saturated carbocycles. The molecule has 1 unspecified atom stereocenters. The van der Waals surface area contributed by atoms with Crippen LogP contribution in [0.15, 0.2) is 84.9 Å². The second-order valence-electron chi connectivity index (χ2n) is 9.72. The molecule has 0 fully saturated rings. The van der Waals surface area contributed by atoms with Crippen LogP contribution in [0, 0.1) is 11.3 Å². The predicted molar refractivity (Wildman–Crippen MR) is 179 cm³/mol. The fraction of sp³-hybridized carbons (Fsp3) is 0.243. The van der Waals surface area contributed by atoms with Crippen molar-refractivity contribution in [3.8, 4) is 11.8 Å². The van der Waals surface area contributed by atoms with Crippen LogP contribution in [-0.4, -0.2) is 33.7 Å². The van der Waals surface area contributed by atoms with E-state index in [2.05, 4.69) is 34.0 Å². The average Bonchev–Trinajstić information content (AvgIpc) is 3.04. The second-order valence-corrected chi connectivity index (χ2v) is 9.72. The van der Waals surface area contributed by atoms with Crippen molar-refractivity contribution >= 4 is 35.5 Å². The summed E-state index contributed by atoms with van der Waals surface area (Å²) in [5, 5.41) is 23.9. The summed E-state index contributed by atoms with van der Waals surface area (Å²) in [5.74, 6) is -0.911. The number of pyridine rings is 2. The molecular formula is C37H39FN4O3. The normalized spacial score (nSPS) is 15.9. The predicted octanol–water partition coefficient (Wildman–Crippen LogP) is 6.76. The van der Waals surface area contributed by atoms with E-state index in [9.17, 15) is 19.6 Å². The number of aromatic nitrogens is 2. The van der Waals surface area contributed by atoms with Crippen molar-refractivity contribution in [2.75, 3.05) is 11.9 Å². The number of halogens is 1. The minimum absolute atomic E-state index is 0.0406. The van der Waals surface area contributed by atoms with Gasteiger partial charge < -0.3 is 15.2 Å². The minimum atomic E-state index is -1.15. The Hall–Kier alpha value is -5.29. The van der Waals surface area contributed by atoms with Crippen LogP contribution in [0.25, 0.3) is 23.8 Å². The van der Waals surface area contributed by atoms with Gasteiger partial charge in [0.2, 0.25) is 0 Å². The number of ether oxygens (including phenoxy) is 1. The fourth-order valence-electron chi connectivity index (χ4n) is 4.79. The topological polar surface area (TPSA) is 108 Å². The maximum Gasteiger partial charge on any atom is 0.326 e. The molecule has 2 aromatic heterocycles. The van der Waals surface area contributed by atoms with E-state index in [0.29, 0.717) is 30.8 Å². The van der Waals surface area contributed by atoms with Crippen LogP contribution in [0.2, 0.25) is 0 Å². The first-order valence-corrected chi connectivity index (χ1v) is 15.0. The summed E-state index contributed by atoms with van der Waals surface area (Å²) in [4.78, 5) is 21.2. The number of carbonyl (C=O) groups is 1. The van der Waals surface area contributed by atoms with Gasteiger partial charge in [0.15, 0.2) is 0 Å². The molecular weight excluding hydrogens is 567 g/mol. The number of hydrogen-bond donors (Lipinski definition) is 2. The lowest BCUT2D eigenvalue weighted by molar-refractivity contribution is -0.137. The zero-order valence-electron chi connectivity index (χ0n) is 26.2. The largest absolute Gasteiger partial charge is 0.493 e. The number of nitrogens with one attached hydrogen (secondary N) is 1. The van der Waals surface area contributed by atoms with E-state index in [1.807, 2.05) is 63.3 Å². The Morgan fingerprint density at radius 2 is 1.98 bits per heavy atom. The van der Waals surface area contributed by atoms with Crippen molar-refractivity contribution in [3.63, 3.8) is 0 Å². The summed E-state index contributed by atoms with van der Waals surface area (Å²) in [6, 6.07) is 14.1. The molecule has 0 spiro atoms. The summed E-state index contributed by atoms with van der Waals surface area (Å²) in [5.41, 5.74) is 3.95. The lowest BCUT2D eigenvalue weighted by Crippen LogP contribution is -2.39. The molecule has 1 atom stereocenters. The van der Waals surface area contributed by atoms with Gasteiger partial charge >= 0.3 is 5.97 Å². The highest BCUT2D eigenvalue weighted by molar-refractivity contribution is 5.83. The van der Waals surface area contributed by atoms with E-state index in [-0.39, 0.29) is 28.2 Å². The van der Waals surface area contributed by atoms with Gasteiger partial charge in [-0.05, 0) is 62.1 Å². The highest BCUT2D eigenvalue weighted by atomic mass is 19.1. The molecule has 7 nitrogen and oxygen atoms in total. The zero-order chi connectivity index (χ0) is 32.8.